The summed E-state index contributed by atoms with van der Waals surface area (Å²) in [5, 5.41) is 11.4. The van der Waals surface area contributed by atoms with Crippen molar-refractivity contribution in [3.8, 4) is 5.69 Å². The molecule has 4 rings (SSSR count). The van der Waals surface area contributed by atoms with Crippen LogP contribution in [0.15, 0.2) is 36.5 Å². The molecule has 0 unspecified atom stereocenters. The number of nitrogens with zero attached hydrogens (tertiary/aromatic N) is 4. The predicted molar refractivity (Wildman–Crippen MR) is 103 cm³/mol. The van der Waals surface area contributed by atoms with Crippen LogP contribution in [0.4, 0.5) is 15.1 Å². The van der Waals surface area contributed by atoms with Gasteiger partial charge >= 0.3 is 0 Å². The van der Waals surface area contributed by atoms with E-state index in [0.29, 0.717) is 17.1 Å². The molecule has 1 saturated heterocycles. The molecule has 1 amide bonds. The van der Waals surface area contributed by atoms with Gasteiger partial charge < -0.3 is 15.5 Å². The van der Waals surface area contributed by atoms with Crippen LogP contribution in [0.3, 0.4) is 0 Å². The molecule has 3 heterocycles. The van der Waals surface area contributed by atoms with Crippen molar-refractivity contribution >= 4 is 28.1 Å². The van der Waals surface area contributed by atoms with Gasteiger partial charge in [-0.2, -0.15) is 9.47 Å². The summed E-state index contributed by atoms with van der Waals surface area (Å²) in [5.74, 6) is -0.733. The van der Waals surface area contributed by atoms with Crippen LogP contribution in [-0.4, -0.2) is 46.2 Å². The maximum absolute atomic E-state index is 14.1. The molecule has 1 aromatic carbocycles. The number of para-hydroxylation sites is 1. The minimum Gasteiger partial charge on any atom is -0.358 e. The molecule has 1 aliphatic heterocycles. The Kier molecular flexibility index (Phi) is 4.87. The van der Waals surface area contributed by atoms with Crippen molar-refractivity contribution in [3.05, 3.63) is 53.7 Å². The minimum absolute atomic E-state index is 0.230. The Bertz CT molecular complexity index is 962. The quantitative estimate of drug-likeness (QED) is 0.720. The minimum atomic E-state index is -0.390. The summed E-state index contributed by atoms with van der Waals surface area (Å²) in [6.07, 6.45) is 1.65. The largest absolute Gasteiger partial charge is 0.358 e. The van der Waals surface area contributed by atoms with E-state index in [4.69, 9.17) is 0 Å². The topological polar surface area (TPSA) is 75.1 Å². The molecule has 9 heteroatoms. The van der Waals surface area contributed by atoms with Gasteiger partial charge in [0.2, 0.25) is 0 Å². The van der Waals surface area contributed by atoms with E-state index in [2.05, 4.69) is 25.0 Å². The van der Waals surface area contributed by atoms with E-state index in [0.717, 1.165) is 31.2 Å². The number of hydrogen-bond donors (Lipinski definition) is 2. The number of nitrogens with one attached hydrogen (secondary N) is 2. The summed E-state index contributed by atoms with van der Waals surface area (Å²) in [4.78, 5) is 14.9. The van der Waals surface area contributed by atoms with Crippen LogP contribution < -0.4 is 15.5 Å². The van der Waals surface area contributed by atoms with Crippen molar-refractivity contribution in [1.29, 1.82) is 0 Å². The second kappa shape index (κ2) is 7.45. The van der Waals surface area contributed by atoms with E-state index in [1.165, 1.54) is 22.3 Å². The molecule has 0 atom stereocenters. The highest BCUT2D eigenvalue weighted by atomic mass is 32.1. The van der Waals surface area contributed by atoms with E-state index in [1.807, 2.05) is 0 Å². The number of piperazine rings is 1. The first kappa shape index (κ1) is 17.6. The summed E-state index contributed by atoms with van der Waals surface area (Å²) < 4.78 is 19.7. The molecule has 2 aromatic heterocycles. The van der Waals surface area contributed by atoms with Crippen molar-refractivity contribution in [1.82, 2.24) is 19.5 Å². The highest BCUT2D eigenvalue weighted by Gasteiger charge is 2.20. The first-order valence-corrected chi connectivity index (χ1v) is 9.44. The van der Waals surface area contributed by atoms with Crippen LogP contribution in [0, 0.1) is 12.7 Å². The number of anilines is 2. The Morgan fingerprint density at radius 3 is 2.85 bits per heavy atom. The molecule has 0 aliphatic carbocycles. The fraction of sp³-hybridized carbons (Fsp3) is 0.278. The van der Waals surface area contributed by atoms with Crippen LogP contribution in [0.2, 0.25) is 0 Å². The van der Waals surface area contributed by atoms with Crippen LogP contribution in [0.1, 0.15) is 16.2 Å². The third-order valence-electron chi connectivity index (χ3n) is 4.40. The lowest BCUT2D eigenvalue weighted by Crippen LogP contribution is -2.43. The molecule has 1 fully saturated rings. The van der Waals surface area contributed by atoms with Gasteiger partial charge in [0.05, 0.1) is 11.9 Å². The Morgan fingerprint density at radius 2 is 2.07 bits per heavy atom. The molecule has 0 bridgehead atoms. The summed E-state index contributed by atoms with van der Waals surface area (Å²) in [6, 6.07) is 7.99. The van der Waals surface area contributed by atoms with Crippen molar-refractivity contribution in [3.63, 3.8) is 0 Å². The van der Waals surface area contributed by atoms with Gasteiger partial charge in [0, 0.05) is 31.9 Å². The Morgan fingerprint density at radius 1 is 1.30 bits per heavy atom. The van der Waals surface area contributed by atoms with Crippen LogP contribution in [0.5, 0.6) is 0 Å². The zero-order valence-electron chi connectivity index (χ0n) is 14.8. The number of aromatic nitrogens is 3. The number of rotatable bonds is 4. The van der Waals surface area contributed by atoms with Gasteiger partial charge in [0.25, 0.3) is 5.91 Å². The zero-order valence-corrected chi connectivity index (χ0v) is 15.6. The molecule has 2 N–H and O–H groups in total. The Hall–Kier alpha value is -2.78. The van der Waals surface area contributed by atoms with Gasteiger partial charge in [0.15, 0.2) is 5.69 Å². The molecule has 27 heavy (non-hydrogen) atoms. The molecule has 7 nitrogen and oxygen atoms in total. The number of carbonyl (C=O) groups excluding carboxylic acids is 1. The lowest BCUT2D eigenvalue weighted by Gasteiger charge is -2.28. The summed E-state index contributed by atoms with van der Waals surface area (Å²) in [5.41, 5.74) is 1.89. The fourth-order valence-electron chi connectivity index (χ4n) is 3.05. The maximum Gasteiger partial charge on any atom is 0.276 e. The first-order chi connectivity index (χ1) is 13.1. The fourth-order valence-corrected chi connectivity index (χ4v) is 3.81. The molecule has 1 aliphatic rings. The molecular weight excluding hydrogens is 367 g/mol. The van der Waals surface area contributed by atoms with Crippen molar-refractivity contribution < 1.29 is 9.18 Å². The van der Waals surface area contributed by atoms with E-state index in [-0.39, 0.29) is 11.6 Å². The number of halogens is 1. The first-order valence-electron chi connectivity index (χ1n) is 8.67. The SMILES string of the molecule is Cc1cc(C(=O)Nc2cnsc2N2CCNCC2)nn1-c1ccccc1F. The number of benzene rings is 1. The lowest BCUT2D eigenvalue weighted by atomic mass is 10.3. The summed E-state index contributed by atoms with van der Waals surface area (Å²) in [7, 11) is 0. The number of carbonyl (C=O) groups is 1. The Balaban J connectivity index is 1.56. The van der Waals surface area contributed by atoms with Gasteiger partial charge in [-0.15, -0.1) is 0 Å². The normalized spacial score (nSPS) is 14.4. The average molecular weight is 386 g/mol. The van der Waals surface area contributed by atoms with Gasteiger partial charge in [-0.1, -0.05) is 12.1 Å². The van der Waals surface area contributed by atoms with E-state index < -0.39 is 5.82 Å². The van der Waals surface area contributed by atoms with Crippen LogP contribution in [0.25, 0.3) is 5.69 Å². The standard InChI is InChI=1S/C18H19FN6OS/c1-12-10-14(23-25(12)16-5-3-2-4-13(16)19)17(26)22-15-11-21-27-18(15)24-8-6-20-7-9-24/h2-5,10-11,20H,6-9H2,1H3,(H,22,26). The molecule has 140 valence electrons. The third-order valence-corrected chi connectivity index (χ3v) is 5.27. The maximum atomic E-state index is 14.1. The predicted octanol–water partition coefficient (Wildman–Crippen LogP) is 2.44. The summed E-state index contributed by atoms with van der Waals surface area (Å²) in [6.45, 7) is 5.32. The Labute approximate surface area is 160 Å². The van der Waals surface area contributed by atoms with Crippen molar-refractivity contribution in [2.45, 2.75) is 6.92 Å². The number of aryl methyl sites for hydroxylation is 1. The highest BCUT2D eigenvalue weighted by Crippen LogP contribution is 2.30. The molecule has 0 radical (unpaired) electrons. The molecule has 0 spiro atoms. The monoisotopic (exact) mass is 386 g/mol. The highest BCUT2D eigenvalue weighted by molar-refractivity contribution is 7.11. The van der Waals surface area contributed by atoms with Gasteiger partial charge in [-0.3, -0.25) is 4.79 Å². The van der Waals surface area contributed by atoms with Crippen LogP contribution in [-0.2, 0) is 0 Å². The third kappa shape index (κ3) is 3.56. The zero-order chi connectivity index (χ0) is 18.8. The van der Waals surface area contributed by atoms with Gasteiger partial charge in [-0.05, 0) is 36.7 Å². The van der Waals surface area contributed by atoms with E-state index in [1.54, 1.807) is 37.4 Å². The van der Waals surface area contributed by atoms with E-state index >= 15 is 0 Å². The molecule has 3 aromatic rings. The van der Waals surface area contributed by atoms with Crippen molar-refractivity contribution in [2.24, 2.45) is 0 Å². The van der Waals surface area contributed by atoms with Crippen LogP contribution >= 0.6 is 11.5 Å². The second-order valence-corrected chi connectivity index (χ2v) is 7.05. The molecule has 0 saturated carbocycles. The van der Waals surface area contributed by atoms with Gasteiger partial charge in [0.1, 0.15) is 16.5 Å². The number of amides is 1. The second-order valence-electron chi connectivity index (χ2n) is 6.27. The smallest absolute Gasteiger partial charge is 0.276 e. The summed E-state index contributed by atoms with van der Waals surface area (Å²) >= 11 is 1.36. The number of hydrogen-bond acceptors (Lipinski definition) is 6. The molecular formula is C18H19FN6OS. The van der Waals surface area contributed by atoms with E-state index in [9.17, 15) is 9.18 Å². The average Bonchev–Trinajstić information content (AvgIpc) is 3.29. The van der Waals surface area contributed by atoms with Crippen molar-refractivity contribution in [2.75, 3.05) is 36.4 Å². The lowest BCUT2D eigenvalue weighted by molar-refractivity contribution is 0.102. The van der Waals surface area contributed by atoms with Gasteiger partial charge in [-0.25, -0.2) is 9.07 Å².